The van der Waals surface area contributed by atoms with Crippen LogP contribution in [0.15, 0.2) is 12.1 Å². The zero-order chi connectivity index (χ0) is 15.8. The van der Waals surface area contributed by atoms with Crippen molar-refractivity contribution in [2.24, 2.45) is 0 Å². The van der Waals surface area contributed by atoms with Gasteiger partial charge in [-0.15, -0.1) is 0 Å². The number of aliphatic carboxylic acids is 1. The standard InChI is InChI=1S/C14H16Cl2FNO3/c15-10-8-11(16)12(17)7-9(10)14(21)18-6-4-2-1-3-5-13(19)20/h7-8H,1-6H2,(H,18,21)(H,19,20). The lowest BCUT2D eigenvalue weighted by Gasteiger charge is -2.07. The Morgan fingerprint density at radius 1 is 1.10 bits per heavy atom. The second kappa shape index (κ2) is 8.85. The molecule has 0 saturated carbocycles. The fourth-order valence-corrected chi connectivity index (χ4v) is 2.22. The van der Waals surface area contributed by atoms with Crippen LogP contribution in [0, 0.1) is 5.82 Å². The van der Waals surface area contributed by atoms with Gasteiger partial charge in [-0.3, -0.25) is 9.59 Å². The molecule has 1 rings (SSSR count). The fourth-order valence-electron chi connectivity index (χ4n) is 1.75. The Kier molecular flexibility index (Phi) is 7.47. The Hall–Kier alpha value is -1.33. The largest absolute Gasteiger partial charge is 0.481 e. The SMILES string of the molecule is O=C(O)CCCCCCNC(=O)c1cc(F)c(Cl)cc1Cl. The number of carbonyl (C=O) groups is 2. The van der Waals surface area contributed by atoms with E-state index in [9.17, 15) is 14.0 Å². The van der Waals surface area contributed by atoms with E-state index in [0.29, 0.717) is 13.0 Å². The van der Waals surface area contributed by atoms with Crippen molar-refractivity contribution in [3.63, 3.8) is 0 Å². The third-order valence-electron chi connectivity index (χ3n) is 2.86. The number of benzene rings is 1. The summed E-state index contributed by atoms with van der Waals surface area (Å²) >= 11 is 11.4. The van der Waals surface area contributed by atoms with Gasteiger partial charge in [0.2, 0.25) is 0 Å². The molecule has 0 spiro atoms. The van der Waals surface area contributed by atoms with Crippen molar-refractivity contribution in [1.29, 1.82) is 0 Å². The first-order valence-electron chi connectivity index (χ1n) is 6.56. The Morgan fingerprint density at radius 3 is 2.43 bits per heavy atom. The summed E-state index contributed by atoms with van der Waals surface area (Å²) < 4.78 is 13.3. The second-order valence-corrected chi connectivity index (χ2v) is 5.37. The predicted molar refractivity (Wildman–Crippen MR) is 79.5 cm³/mol. The topological polar surface area (TPSA) is 66.4 Å². The maximum Gasteiger partial charge on any atom is 0.303 e. The molecule has 116 valence electrons. The van der Waals surface area contributed by atoms with Crippen LogP contribution in [0.4, 0.5) is 4.39 Å². The maximum atomic E-state index is 13.3. The van der Waals surface area contributed by atoms with E-state index in [1.807, 2.05) is 0 Å². The molecule has 0 unspecified atom stereocenters. The van der Waals surface area contributed by atoms with Crippen molar-refractivity contribution in [3.05, 3.63) is 33.6 Å². The van der Waals surface area contributed by atoms with E-state index >= 15 is 0 Å². The molecular formula is C14H16Cl2FNO3. The Labute approximate surface area is 132 Å². The summed E-state index contributed by atoms with van der Waals surface area (Å²) in [5, 5.41) is 11.1. The molecule has 0 heterocycles. The van der Waals surface area contributed by atoms with Crippen molar-refractivity contribution in [1.82, 2.24) is 5.32 Å². The molecule has 1 aromatic rings. The minimum Gasteiger partial charge on any atom is -0.481 e. The molecule has 0 saturated heterocycles. The maximum absolute atomic E-state index is 13.3. The average Bonchev–Trinajstić information content (AvgIpc) is 2.41. The molecule has 21 heavy (non-hydrogen) atoms. The molecule has 7 heteroatoms. The van der Waals surface area contributed by atoms with Gasteiger partial charge < -0.3 is 10.4 Å². The highest BCUT2D eigenvalue weighted by Crippen LogP contribution is 2.24. The summed E-state index contributed by atoms with van der Waals surface area (Å²) in [5.41, 5.74) is 0.0458. The number of nitrogens with one attached hydrogen (secondary N) is 1. The van der Waals surface area contributed by atoms with Gasteiger partial charge in [0.25, 0.3) is 5.91 Å². The van der Waals surface area contributed by atoms with E-state index in [0.717, 1.165) is 25.3 Å². The third kappa shape index (κ3) is 6.31. The summed E-state index contributed by atoms with van der Waals surface area (Å²) in [6.07, 6.45) is 3.11. The van der Waals surface area contributed by atoms with E-state index < -0.39 is 17.7 Å². The number of hydrogen-bond donors (Lipinski definition) is 2. The number of carboxylic acid groups (broad SMARTS) is 1. The van der Waals surface area contributed by atoms with Crippen LogP contribution in [-0.4, -0.2) is 23.5 Å². The van der Waals surface area contributed by atoms with Gasteiger partial charge in [0, 0.05) is 13.0 Å². The molecule has 0 aromatic heterocycles. The summed E-state index contributed by atoms with van der Waals surface area (Å²) in [5.74, 6) is -1.95. The molecule has 4 nitrogen and oxygen atoms in total. The first-order chi connectivity index (χ1) is 9.91. The molecule has 0 atom stereocenters. The predicted octanol–water partition coefficient (Wildman–Crippen LogP) is 3.90. The van der Waals surface area contributed by atoms with Gasteiger partial charge in [-0.05, 0) is 25.0 Å². The van der Waals surface area contributed by atoms with Crippen LogP contribution in [0.3, 0.4) is 0 Å². The van der Waals surface area contributed by atoms with Crippen LogP contribution in [-0.2, 0) is 4.79 Å². The Morgan fingerprint density at radius 2 is 1.76 bits per heavy atom. The van der Waals surface area contributed by atoms with Crippen LogP contribution in [0.1, 0.15) is 42.5 Å². The van der Waals surface area contributed by atoms with E-state index in [1.54, 1.807) is 0 Å². The molecule has 0 aliphatic rings. The number of halogens is 3. The van der Waals surface area contributed by atoms with Gasteiger partial charge in [0.05, 0.1) is 15.6 Å². The van der Waals surface area contributed by atoms with Crippen LogP contribution >= 0.6 is 23.2 Å². The summed E-state index contributed by atoms with van der Waals surface area (Å²) in [6, 6.07) is 2.20. The lowest BCUT2D eigenvalue weighted by Crippen LogP contribution is -2.24. The molecule has 2 N–H and O–H groups in total. The molecule has 0 bridgehead atoms. The fraction of sp³-hybridized carbons (Fsp3) is 0.429. The molecule has 1 amide bonds. The zero-order valence-electron chi connectivity index (χ0n) is 11.3. The Balaban J connectivity index is 2.31. The smallest absolute Gasteiger partial charge is 0.303 e. The van der Waals surface area contributed by atoms with E-state index in [1.165, 1.54) is 6.07 Å². The van der Waals surface area contributed by atoms with Gasteiger partial charge in [-0.2, -0.15) is 0 Å². The number of carboxylic acids is 1. The van der Waals surface area contributed by atoms with Crippen molar-refractivity contribution in [2.45, 2.75) is 32.1 Å². The average molecular weight is 336 g/mol. The first-order valence-corrected chi connectivity index (χ1v) is 7.32. The van der Waals surface area contributed by atoms with Gasteiger partial charge in [-0.25, -0.2) is 4.39 Å². The Bertz CT molecular complexity index is 523. The highest BCUT2D eigenvalue weighted by Gasteiger charge is 2.13. The lowest BCUT2D eigenvalue weighted by atomic mass is 10.1. The summed E-state index contributed by atoms with van der Waals surface area (Å²) in [7, 11) is 0. The second-order valence-electron chi connectivity index (χ2n) is 4.56. The minimum absolute atomic E-state index is 0.0458. The highest BCUT2D eigenvalue weighted by atomic mass is 35.5. The number of amides is 1. The van der Waals surface area contributed by atoms with Crippen LogP contribution in [0.25, 0.3) is 0 Å². The highest BCUT2D eigenvalue weighted by molar-refractivity contribution is 6.36. The van der Waals surface area contributed by atoms with Gasteiger partial charge in [0.15, 0.2) is 0 Å². The van der Waals surface area contributed by atoms with Gasteiger partial charge >= 0.3 is 5.97 Å². The van der Waals surface area contributed by atoms with Crippen molar-refractivity contribution >= 4 is 35.1 Å². The number of carbonyl (C=O) groups excluding carboxylic acids is 1. The molecule has 0 fully saturated rings. The minimum atomic E-state index is -0.803. The van der Waals surface area contributed by atoms with Gasteiger partial charge in [-0.1, -0.05) is 36.0 Å². The molecule has 1 aromatic carbocycles. The first kappa shape index (κ1) is 17.7. The third-order valence-corrected chi connectivity index (χ3v) is 3.46. The van der Waals surface area contributed by atoms with Crippen LogP contribution < -0.4 is 5.32 Å². The van der Waals surface area contributed by atoms with Gasteiger partial charge in [0.1, 0.15) is 5.82 Å². The van der Waals surface area contributed by atoms with E-state index in [4.69, 9.17) is 28.3 Å². The number of hydrogen-bond acceptors (Lipinski definition) is 2. The van der Waals surface area contributed by atoms with Crippen molar-refractivity contribution in [2.75, 3.05) is 6.54 Å². The monoisotopic (exact) mass is 335 g/mol. The van der Waals surface area contributed by atoms with Crippen LogP contribution in [0.2, 0.25) is 10.0 Å². The lowest BCUT2D eigenvalue weighted by molar-refractivity contribution is -0.137. The molecule has 0 aliphatic carbocycles. The zero-order valence-corrected chi connectivity index (χ0v) is 12.8. The molecular weight excluding hydrogens is 320 g/mol. The normalized spacial score (nSPS) is 10.4. The van der Waals surface area contributed by atoms with E-state index in [-0.39, 0.29) is 22.0 Å². The van der Waals surface area contributed by atoms with Crippen LogP contribution in [0.5, 0.6) is 0 Å². The summed E-state index contributed by atoms with van der Waals surface area (Å²) in [6.45, 7) is 0.423. The van der Waals surface area contributed by atoms with Crippen molar-refractivity contribution < 1.29 is 19.1 Å². The number of unbranched alkanes of at least 4 members (excludes halogenated alkanes) is 3. The number of rotatable bonds is 8. The quantitative estimate of drug-likeness (QED) is 0.559. The molecule has 0 radical (unpaired) electrons. The molecule has 0 aliphatic heterocycles. The van der Waals surface area contributed by atoms with Crippen molar-refractivity contribution in [3.8, 4) is 0 Å². The summed E-state index contributed by atoms with van der Waals surface area (Å²) in [4.78, 5) is 22.1. The van der Waals surface area contributed by atoms with E-state index in [2.05, 4.69) is 5.32 Å².